The Morgan fingerprint density at radius 3 is 2.52 bits per heavy atom. The Morgan fingerprint density at radius 2 is 1.88 bits per heavy atom. The predicted octanol–water partition coefficient (Wildman–Crippen LogP) is 3.98. The van der Waals surface area contributed by atoms with Crippen LogP contribution in [-0.2, 0) is 6.54 Å². The van der Waals surface area contributed by atoms with Crippen molar-refractivity contribution in [2.45, 2.75) is 25.4 Å². The fourth-order valence-corrected chi connectivity index (χ4v) is 3.88. The van der Waals surface area contributed by atoms with Gasteiger partial charge in [0.25, 0.3) is 0 Å². The van der Waals surface area contributed by atoms with Gasteiger partial charge >= 0.3 is 0 Å². The van der Waals surface area contributed by atoms with E-state index in [-0.39, 0.29) is 6.04 Å². The van der Waals surface area contributed by atoms with Crippen LogP contribution in [0.4, 0.5) is 0 Å². The average molecular weight is 450 g/mol. The van der Waals surface area contributed by atoms with Crippen LogP contribution in [-0.4, -0.2) is 49.6 Å². The molecule has 8 nitrogen and oxygen atoms in total. The molecule has 0 radical (unpaired) electrons. The van der Waals surface area contributed by atoms with Crippen molar-refractivity contribution in [3.63, 3.8) is 0 Å². The lowest BCUT2D eigenvalue weighted by atomic mass is 10.2. The van der Waals surface area contributed by atoms with Crippen LogP contribution in [0.1, 0.15) is 30.2 Å². The lowest BCUT2D eigenvalue weighted by Gasteiger charge is -2.26. The van der Waals surface area contributed by atoms with Gasteiger partial charge in [0.2, 0.25) is 5.88 Å². The van der Waals surface area contributed by atoms with Crippen LogP contribution >= 0.6 is 0 Å². The molecule has 1 saturated heterocycles. The number of ether oxygens (including phenoxy) is 2. The van der Waals surface area contributed by atoms with Crippen molar-refractivity contribution in [2.75, 3.05) is 33.8 Å². The quantitative estimate of drug-likeness (QED) is 0.378. The highest BCUT2D eigenvalue weighted by Crippen LogP contribution is 2.25. The summed E-state index contributed by atoms with van der Waals surface area (Å²) in [5, 5.41) is 6.79. The first-order valence-electron chi connectivity index (χ1n) is 11.2. The number of nitrogens with one attached hydrogen (secondary N) is 2. The van der Waals surface area contributed by atoms with E-state index in [9.17, 15) is 0 Å². The minimum absolute atomic E-state index is 0.192. The third-order valence-electron chi connectivity index (χ3n) is 5.68. The second-order valence-electron chi connectivity index (χ2n) is 7.86. The summed E-state index contributed by atoms with van der Waals surface area (Å²) in [6, 6.07) is 15.4. The number of furan rings is 1. The molecule has 0 bridgehead atoms. The smallest absolute Gasteiger partial charge is 0.219 e. The van der Waals surface area contributed by atoms with Crippen LogP contribution in [0.15, 0.2) is 70.4 Å². The maximum absolute atomic E-state index is 5.79. The molecule has 1 aliphatic rings. The Labute approximate surface area is 194 Å². The molecule has 3 heterocycles. The monoisotopic (exact) mass is 449 g/mol. The summed E-state index contributed by atoms with van der Waals surface area (Å²) >= 11 is 0. The second-order valence-corrected chi connectivity index (χ2v) is 7.86. The Morgan fingerprint density at radius 1 is 1.09 bits per heavy atom. The van der Waals surface area contributed by atoms with Crippen molar-refractivity contribution in [1.29, 1.82) is 0 Å². The highest BCUT2D eigenvalue weighted by Gasteiger charge is 2.25. The van der Waals surface area contributed by atoms with Crippen molar-refractivity contribution in [2.24, 2.45) is 4.99 Å². The number of benzene rings is 1. The van der Waals surface area contributed by atoms with E-state index in [1.807, 2.05) is 48.5 Å². The van der Waals surface area contributed by atoms with Crippen LogP contribution in [0.25, 0.3) is 0 Å². The summed E-state index contributed by atoms with van der Waals surface area (Å²) in [7, 11) is 3.41. The molecular weight excluding hydrogens is 418 g/mol. The van der Waals surface area contributed by atoms with Gasteiger partial charge in [-0.05, 0) is 67.9 Å². The standard InChI is InChI=1S/C25H31N5O3/c1-26-25(29-18-22(23-6-5-15-32-23)30-13-3-4-14-30)28-17-19-7-12-24(27-16-19)33-21-10-8-20(31-2)9-11-21/h5-12,15-16,22H,3-4,13-14,17-18H2,1-2H3,(H2,26,28,29). The summed E-state index contributed by atoms with van der Waals surface area (Å²) in [5.41, 5.74) is 1.03. The van der Waals surface area contributed by atoms with Gasteiger partial charge in [-0.2, -0.15) is 0 Å². The van der Waals surface area contributed by atoms with Gasteiger partial charge in [0.05, 0.1) is 19.4 Å². The fourth-order valence-electron chi connectivity index (χ4n) is 3.88. The molecule has 3 aromatic rings. The van der Waals surface area contributed by atoms with Crippen LogP contribution in [0.5, 0.6) is 17.4 Å². The molecule has 4 rings (SSSR count). The average Bonchev–Trinajstić information content (AvgIpc) is 3.58. The highest BCUT2D eigenvalue weighted by atomic mass is 16.5. The van der Waals surface area contributed by atoms with Crippen LogP contribution < -0.4 is 20.1 Å². The number of likely N-dealkylation sites (tertiary alicyclic amines) is 1. The van der Waals surface area contributed by atoms with Gasteiger partial charge in [0.1, 0.15) is 17.3 Å². The molecule has 0 saturated carbocycles. The largest absolute Gasteiger partial charge is 0.497 e. The van der Waals surface area contributed by atoms with Crippen LogP contribution in [0.3, 0.4) is 0 Å². The van der Waals surface area contributed by atoms with Gasteiger partial charge in [-0.3, -0.25) is 9.89 Å². The second kappa shape index (κ2) is 11.4. The summed E-state index contributed by atoms with van der Waals surface area (Å²) in [6.07, 6.45) is 6.00. The SMILES string of the molecule is CN=C(NCc1ccc(Oc2ccc(OC)cc2)nc1)NCC(c1ccco1)N1CCCC1. The van der Waals surface area contributed by atoms with E-state index in [2.05, 4.69) is 25.5 Å². The first-order valence-corrected chi connectivity index (χ1v) is 11.2. The third kappa shape index (κ3) is 6.26. The molecule has 2 aromatic heterocycles. The van der Waals surface area contributed by atoms with Gasteiger partial charge in [0.15, 0.2) is 5.96 Å². The molecule has 1 aliphatic heterocycles. The number of guanidine groups is 1. The normalized spacial score (nSPS) is 15.3. The third-order valence-corrected chi connectivity index (χ3v) is 5.68. The molecule has 8 heteroatoms. The van der Waals surface area contributed by atoms with E-state index < -0.39 is 0 Å². The number of aliphatic imine (C=N–C) groups is 1. The van der Waals surface area contributed by atoms with E-state index in [0.717, 1.165) is 42.7 Å². The zero-order chi connectivity index (χ0) is 22.9. The van der Waals surface area contributed by atoms with Gasteiger partial charge < -0.3 is 24.5 Å². The van der Waals surface area contributed by atoms with Crippen molar-refractivity contribution in [3.05, 3.63) is 72.3 Å². The molecule has 174 valence electrons. The number of nitrogens with zero attached hydrogens (tertiary/aromatic N) is 3. The molecule has 1 aromatic carbocycles. The van der Waals surface area contributed by atoms with E-state index in [1.165, 1.54) is 12.8 Å². The van der Waals surface area contributed by atoms with Gasteiger partial charge in [-0.1, -0.05) is 6.07 Å². The summed E-state index contributed by atoms with van der Waals surface area (Å²) in [6.45, 7) is 3.51. The topological polar surface area (TPSA) is 84.2 Å². The lowest BCUT2D eigenvalue weighted by molar-refractivity contribution is 0.215. The zero-order valence-electron chi connectivity index (χ0n) is 19.2. The van der Waals surface area contributed by atoms with Gasteiger partial charge in [-0.15, -0.1) is 0 Å². The minimum atomic E-state index is 0.192. The Hall–Kier alpha value is -3.52. The van der Waals surface area contributed by atoms with Crippen molar-refractivity contribution in [1.82, 2.24) is 20.5 Å². The Bertz CT molecular complexity index is 998. The number of hydrogen-bond donors (Lipinski definition) is 2. The summed E-state index contributed by atoms with van der Waals surface area (Å²) in [5.74, 6) is 3.76. The Kier molecular flexibility index (Phi) is 7.81. The number of rotatable bonds is 9. The first kappa shape index (κ1) is 22.7. The molecule has 1 unspecified atom stereocenters. The first-order chi connectivity index (χ1) is 16.2. The highest BCUT2D eigenvalue weighted by molar-refractivity contribution is 5.79. The van der Waals surface area contributed by atoms with Crippen molar-refractivity contribution >= 4 is 5.96 Å². The lowest BCUT2D eigenvalue weighted by Crippen LogP contribution is -2.42. The predicted molar refractivity (Wildman–Crippen MR) is 128 cm³/mol. The maximum Gasteiger partial charge on any atom is 0.219 e. The molecule has 1 fully saturated rings. The van der Waals surface area contributed by atoms with Crippen molar-refractivity contribution in [3.8, 4) is 17.4 Å². The number of aromatic nitrogens is 1. The maximum atomic E-state index is 5.79. The van der Waals surface area contributed by atoms with E-state index in [4.69, 9.17) is 13.9 Å². The van der Waals surface area contributed by atoms with E-state index in [0.29, 0.717) is 18.2 Å². The number of methoxy groups -OCH3 is 1. The van der Waals surface area contributed by atoms with Gasteiger partial charge in [-0.25, -0.2) is 4.98 Å². The van der Waals surface area contributed by atoms with Crippen LogP contribution in [0.2, 0.25) is 0 Å². The summed E-state index contributed by atoms with van der Waals surface area (Å²) in [4.78, 5) is 11.2. The Balaban J connectivity index is 1.28. The molecule has 1 atom stereocenters. The molecule has 0 spiro atoms. The number of hydrogen-bond acceptors (Lipinski definition) is 6. The summed E-state index contributed by atoms with van der Waals surface area (Å²) < 4.78 is 16.7. The molecule has 2 N–H and O–H groups in total. The van der Waals surface area contributed by atoms with E-state index >= 15 is 0 Å². The van der Waals surface area contributed by atoms with Crippen LogP contribution in [0, 0.1) is 0 Å². The molecule has 0 aliphatic carbocycles. The molecular formula is C25H31N5O3. The minimum Gasteiger partial charge on any atom is -0.497 e. The molecule has 0 amide bonds. The fraction of sp³-hybridized carbons (Fsp3) is 0.360. The number of pyridine rings is 1. The van der Waals surface area contributed by atoms with E-state index in [1.54, 1.807) is 26.6 Å². The van der Waals surface area contributed by atoms with Crippen molar-refractivity contribution < 1.29 is 13.9 Å². The zero-order valence-corrected chi connectivity index (χ0v) is 19.2. The molecule has 33 heavy (non-hydrogen) atoms. The van der Waals surface area contributed by atoms with Gasteiger partial charge in [0, 0.05) is 32.4 Å².